The topological polar surface area (TPSA) is 101 Å². The molecule has 1 fully saturated rings. The highest BCUT2D eigenvalue weighted by Gasteiger charge is 2.28. The predicted octanol–water partition coefficient (Wildman–Crippen LogP) is 1.16. The van der Waals surface area contributed by atoms with Crippen LogP contribution in [0.25, 0.3) is 0 Å². The van der Waals surface area contributed by atoms with Gasteiger partial charge in [0.05, 0.1) is 10.5 Å². The Morgan fingerprint density at radius 3 is 2.48 bits per heavy atom. The number of nitrogens with zero attached hydrogens (tertiary/aromatic N) is 2. The first-order valence-electron chi connectivity index (χ1n) is 8.52. The third kappa shape index (κ3) is 4.51. The molecular formula is C17H21FN2O6S. The van der Waals surface area contributed by atoms with E-state index in [9.17, 15) is 27.2 Å². The van der Waals surface area contributed by atoms with Crippen LogP contribution in [-0.2, 0) is 24.3 Å². The van der Waals surface area contributed by atoms with Gasteiger partial charge >= 0.3 is 5.97 Å². The molecule has 0 unspecified atom stereocenters. The minimum atomic E-state index is -3.89. The molecule has 0 saturated carbocycles. The van der Waals surface area contributed by atoms with Crippen LogP contribution in [0.1, 0.15) is 37.0 Å². The van der Waals surface area contributed by atoms with Crippen LogP contribution in [0.4, 0.5) is 4.39 Å². The van der Waals surface area contributed by atoms with Gasteiger partial charge in [-0.1, -0.05) is 13.8 Å². The smallest absolute Gasteiger partial charge is 0.341 e. The monoisotopic (exact) mass is 400 g/mol. The Labute approximate surface area is 156 Å². The molecule has 1 aromatic carbocycles. The second-order valence-electron chi connectivity index (χ2n) is 5.85. The van der Waals surface area contributed by atoms with Crippen molar-refractivity contribution in [3.8, 4) is 0 Å². The van der Waals surface area contributed by atoms with E-state index in [1.807, 2.05) is 0 Å². The van der Waals surface area contributed by atoms with Crippen LogP contribution < -0.4 is 0 Å². The summed E-state index contributed by atoms with van der Waals surface area (Å²) in [5.74, 6) is -3.19. The van der Waals surface area contributed by atoms with Gasteiger partial charge in [-0.2, -0.15) is 4.31 Å². The summed E-state index contributed by atoms with van der Waals surface area (Å²) in [6.07, 6.45) is 0.790. The molecule has 0 spiro atoms. The van der Waals surface area contributed by atoms with Crippen LogP contribution in [0.3, 0.4) is 0 Å². The molecule has 1 aliphatic heterocycles. The maximum atomic E-state index is 14.0. The molecule has 2 rings (SSSR count). The number of hydrogen-bond donors (Lipinski definition) is 0. The largest absolute Gasteiger partial charge is 0.452 e. The summed E-state index contributed by atoms with van der Waals surface area (Å²) in [7, 11) is -3.89. The minimum absolute atomic E-state index is 0.217. The van der Waals surface area contributed by atoms with Crippen LogP contribution in [0, 0.1) is 5.82 Å². The summed E-state index contributed by atoms with van der Waals surface area (Å²) < 4.78 is 45.0. The number of likely N-dealkylation sites (tertiary alicyclic amines) is 1. The second kappa shape index (κ2) is 8.57. The van der Waals surface area contributed by atoms with Crippen molar-refractivity contribution >= 4 is 27.8 Å². The van der Waals surface area contributed by atoms with Crippen molar-refractivity contribution in [3.63, 3.8) is 0 Å². The van der Waals surface area contributed by atoms with Gasteiger partial charge in [-0.15, -0.1) is 0 Å². The third-order valence-corrected chi connectivity index (χ3v) is 6.25. The van der Waals surface area contributed by atoms with Gasteiger partial charge in [0, 0.05) is 26.1 Å². The van der Waals surface area contributed by atoms with Crippen molar-refractivity contribution in [2.24, 2.45) is 0 Å². The molecule has 0 atom stereocenters. The second-order valence-corrected chi connectivity index (χ2v) is 7.79. The van der Waals surface area contributed by atoms with E-state index in [0.29, 0.717) is 6.42 Å². The highest BCUT2D eigenvalue weighted by atomic mass is 32.2. The molecule has 10 heteroatoms. The summed E-state index contributed by atoms with van der Waals surface area (Å²) in [6, 6.07) is 2.81. The van der Waals surface area contributed by atoms with E-state index in [2.05, 4.69) is 0 Å². The lowest BCUT2D eigenvalue weighted by atomic mass is 10.2. The lowest BCUT2D eigenvalue weighted by molar-refractivity contribution is -0.143. The van der Waals surface area contributed by atoms with E-state index in [1.54, 1.807) is 13.8 Å². The lowest BCUT2D eigenvalue weighted by Gasteiger charge is -2.19. The predicted molar refractivity (Wildman–Crippen MR) is 92.7 cm³/mol. The number of halogens is 1. The number of esters is 1. The Morgan fingerprint density at radius 2 is 1.93 bits per heavy atom. The maximum absolute atomic E-state index is 14.0. The summed E-state index contributed by atoms with van der Waals surface area (Å²) in [4.78, 5) is 36.3. The summed E-state index contributed by atoms with van der Waals surface area (Å²) in [6.45, 7) is 3.27. The molecule has 27 heavy (non-hydrogen) atoms. The first-order valence-corrected chi connectivity index (χ1v) is 9.96. The number of imide groups is 1. The molecule has 2 amide bonds. The maximum Gasteiger partial charge on any atom is 0.341 e. The Balaban J connectivity index is 2.16. The number of carbonyl (C=O) groups is 3. The van der Waals surface area contributed by atoms with Crippen molar-refractivity contribution in [1.82, 2.24) is 9.21 Å². The molecule has 1 aliphatic rings. The molecule has 1 aromatic rings. The van der Waals surface area contributed by atoms with Gasteiger partial charge in [0.25, 0.3) is 5.91 Å². The quantitative estimate of drug-likeness (QED) is 0.637. The zero-order valence-electron chi connectivity index (χ0n) is 15.1. The van der Waals surface area contributed by atoms with Crippen LogP contribution in [0.2, 0.25) is 0 Å². The first-order chi connectivity index (χ1) is 12.7. The van der Waals surface area contributed by atoms with Crippen LogP contribution >= 0.6 is 0 Å². The van der Waals surface area contributed by atoms with Crippen molar-refractivity contribution in [2.45, 2.75) is 31.6 Å². The number of ether oxygens (including phenoxy) is 1. The van der Waals surface area contributed by atoms with Crippen LogP contribution in [0.15, 0.2) is 23.1 Å². The van der Waals surface area contributed by atoms with E-state index in [0.717, 1.165) is 27.4 Å². The Hall–Kier alpha value is -2.33. The molecule has 0 N–H and O–H groups in total. The highest BCUT2D eigenvalue weighted by Crippen LogP contribution is 2.20. The van der Waals surface area contributed by atoms with Crippen molar-refractivity contribution in [3.05, 3.63) is 29.6 Å². The number of benzene rings is 1. The van der Waals surface area contributed by atoms with Gasteiger partial charge in [0.2, 0.25) is 15.9 Å². The third-order valence-electron chi connectivity index (χ3n) is 4.20. The minimum Gasteiger partial charge on any atom is -0.452 e. The average Bonchev–Trinajstić information content (AvgIpc) is 3.06. The van der Waals surface area contributed by atoms with Gasteiger partial charge < -0.3 is 4.74 Å². The fourth-order valence-electron chi connectivity index (χ4n) is 2.73. The van der Waals surface area contributed by atoms with E-state index in [1.165, 1.54) is 0 Å². The molecule has 8 nitrogen and oxygen atoms in total. The Bertz CT molecular complexity index is 851. The number of hydrogen-bond acceptors (Lipinski definition) is 6. The van der Waals surface area contributed by atoms with E-state index < -0.39 is 39.9 Å². The highest BCUT2D eigenvalue weighted by molar-refractivity contribution is 7.89. The zero-order chi connectivity index (χ0) is 20.2. The van der Waals surface area contributed by atoms with E-state index in [-0.39, 0.29) is 36.9 Å². The Morgan fingerprint density at radius 1 is 1.26 bits per heavy atom. The van der Waals surface area contributed by atoms with Crippen LogP contribution in [0.5, 0.6) is 0 Å². The summed E-state index contributed by atoms with van der Waals surface area (Å²) in [5, 5.41) is 0. The molecule has 0 aliphatic carbocycles. The standard InChI is InChI=1S/C17H21FN2O6S/c1-3-19(4-2)27(24,25)12-7-8-14(18)13(10-12)17(23)26-11-16(22)20-9-5-6-15(20)21/h7-8,10H,3-6,9,11H2,1-2H3. The van der Waals surface area contributed by atoms with Gasteiger partial charge in [-0.05, 0) is 24.6 Å². The van der Waals surface area contributed by atoms with Crippen LogP contribution in [-0.4, -0.2) is 61.6 Å². The van der Waals surface area contributed by atoms with Crippen molar-refractivity contribution in [1.29, 1.82) is 0 Å². The molecule has 0 aromatic heterocycles. The van der Waals surface area contributed by atoms with Gasteiger partial charge in [-0.3, -0.25) is 14.5 Å². The SMILES string of the molecule is CCN(CC)S(=O)(=O)c1ccc(F)c(C(=O)OCC(=O)N2CCCC2=O)c1. The molecule has 1 heterocycles. The van der Waals surface area contributed by atoms with E-state index in [4.69, 9.17) is 4.74 Å². The summed E-state index contributed by atoms with van der Waals surface area (Å²) in [5.41, 5.74) is -0.594. The van der Waals surface area contributed by atoms with Crippen molar-refractivity contribution in [2.75, 3.05) is 26.2 Å². The van der Waals surface area contributed by atoms with Gasteiger partial charge in [0.15, 0.2) is 6.61 Å². The average molecular weight is 400 g/mol. The number of amides is 2. The first kappa shape index (κ1) is 21.0. The van der Waals surface area contributed by atoms with Gasteiger partial charge in [-0.25, -0.2) is 17.6 Å². The molecular weight excluding hydrogens is 379 g/mol. The normalized spacial score (nSPS) is 14.7. The molecule has 148 valence electrons. The molecule has 1 saturated heterocycles. The van der Waals surface area contributed by atoms with Gasteiger partial charge in [0.1, 0.15) is 5.82 Å². The number of sulfonamides is 1. The van der Waals surface area contributed by atoms with Crippen molar-refractivity contribution < 1.29 is 31.9 Å². The molecule has 0 bridgehead atoms. The summed E-state index contributed by atoms with van der Waals surface area (Å²) >= 11 is 0. The lowest BCUT2D eigenvalue weighted by Crippen LogP contribution is -2.35. The molecule has 0 radical (unpaired) electrons. The Kier molecular flexibility index (Phi) is 6.66. The fraction of sp³-hybridized carbons (Fsp3) is 0.471. The van der Waals surface area contributed by atoms with E-state index >= 15 is 0 Å². The fourth-order valence-corrected chi connectivity index (χ4v) is 4.21. The number of rotatable bonds is 7. The number of carbonyl (C=O) groups excluding carboxylic acids is 3. The zero-order valence-corrected chi connectivity index (χ0v) is 15.9.